The highest BCUT2D eigenvalue weighted by Gasteiger charge is 2.21. The average molecular weight is 392 g/mol. The maximum absolute atomic E-state index is 12.3. The molecule has 2 aromatic carbocycles. The topological polar surface area (TPSA) is 84.9 Å². The first-order valence-corrected chi connectivity index (χ1v) is 10.2. The maximum Gasteiger partial charge on any atom is 0.241 e. The minimum Gasteiger partial charge on any atom is -0.497 e. The standard InChI is InChI=1S/C19H24N2O5S/c1-15(14-26-18-11-9-17(25-2)10-12-18)20-19(22)13-21(27(3,23)24)16-7-5-4-6-8-16/h4-12,15H,13-14H2,1-3H3,(H,20,22)/t15-/m0/s1. The molecule has 27 heavy (non-hydrogen) atoms. The molecule has 0 aromatic heterocycles. The molecule has 2 aromatic rings. The molecule has 0 heterocycles. The van der Waals surface area contributed by atoms with Gasteiger partial charge in [0.25, 0.3) is 0 Å². The van der Waals surface area contributed by atoms with Crippen LogP contribution in [0.2, 0.25) is 0 Å². The second-order valence-electron chi connectivity index (χ2n) is 6.06. The second-order valence-corrected chi connectivity index (χ2v) is 7.97. The SMILES string of the molecule is COc1ccc(OC[C@H](C)NC(=O)CN(c2ccccc2)S(C)(=O)=O)cc1. The van der Waals surface area contributed by atoms with Crippen molar-refractivity contribution in [3.05, 3.63) is 54.6 Å². The molecule has 1 atom stereocenters. The highest BCUT2D eigenvalue weighted by molar-refractivity contribution is 7.92. The summed E-state index contributed by atoms with van der Waals surface area (Å²) in [6.07, 6.45) is 1.07. The number of sulfonamides is 1. The molecule has 1 amide bonds. The number of anilines is 1. The molecule has 0 unspecified atom stereocenters. The van der Waals surface area contributed by atoms with Crippen molar-refractivity contribution in [3.8, 4) is 11.5 Å². The van der Waals surface area contributed by atoms with E-state index in [0.29, 0.717) is 11.4 Å². The zero-order chi connectivity index (χ0) is 19.9. The lowest BCUT2D eigenvalue weighted by Gasteiger charge is -2.23. The van der Waals surface area contributed by atoms with E-state index in [9.17, 15) is 13.2 Å². The van der Waals surface area contributed by atoms with Gasteiger partial charge in [0.05, 0.1) is 25.1 Å². The van der Waals surface area contributed by atoms with Gasteiger partial charge in [-0.25, -0.2) is 8.42 Å². The monoisotopic (exact) mass is 392 g/mol. The summed E-state index contributed by atoms with van der Waals surface area (Å²) >= 11 is 0. The summed E-state index contributed by atoms with van der Waals surface area (Å²) in [4.78, 5) is 12.3. The molecule has 0 aliphatic heterocycles. The molecule has 146 valence electrons. The third-order valence-corrected chi connectivity index (χ3v) is 4.84. The van der Waals surface area contributed by atoms with E-state index in [1.807, 2.05) is 0 Å². The van der Waals surface area contributed by atoms with Crippen LogP contribution in [0.4, 0.5) is 5.69 Å². The zero-order valence-electron chi connectivity index (χ0n) is 15.6. The number of nitrogens with one attached hydrogen (secondary N) is 1. The van der Waals surface area contributed by atoms with Crippen molar-refractivity contribution in [2.45, 2.75) is 13.0 Å². The summed E-state index contributed by atoms with van der Waals surface area (Å²) in [6.45, 7) is 1.74. The molecule has 0 aliphatic carbocycles. The summed E-state index contributed by atoms with van der Waals surface area (Å²) < 4.78 is 35.8. The number of carbonyl (C=O) groups is 1. The number of amides is 1. The van der Waals surface area contributed by atoms with Crippen LogP contribution in [0.25, 0.3) is 0 Å². The van der Waals surface area contributed by atoms with Crippen LogP contribution in [0.5, 0.6) is 11.5 Å². The molecule has 2 rings (SSSR count). The van der Waals surface area contributed by atoms with Crippen LogP contribution in [0.1, 0.15) is 6.92 Å². The van der Waals surface area contributed by atoms with Crippen molar-refractivity contribution >= 4 is 21.6 Å². The Bertz CT molecular complexity index is 838. The number of nitrogens with zero attached hydrogens (tertiary/aromatic N) is 1. The van der Waals surface area contributed by atoms with Gasteiger partial charge in [0.15, 0.2) is 0 Å². The van der Waals surface area contributed by atoms with Gasteiger partial charge in [-0.05, 0) is 43.3 Å². The van der Waals surface area contributed by atoms with Crippen molar-refractivity contribution in [1.82, 2.24) is 5.32 Å². The fraction of sp³-hybridized carbons (Fsp3) is 0.316. The molecular weight excluding hydrogens is 368 g/mol. The molecule has 0 aliphatic rings. The largest absolute Gasteiger partial charge is 0.497 e. The van der Waals surface area contributed by atoms with Crippen LogP contribution in [0.3, 0.4) is 0 Å². The van der Waals surface area contributed by atoms with Gasteiger partial charge in [-0.3, -0.25) is 9.10 Å². The fourth-order valence-electron chi connectivity index (χ4n) is 2.38. The van der Waals surface area contributed by atoms with Gasteiger partial charge in [-0.15, -0.1) is 0 Å². The number of hydrogen-bond acceptors (Lipinski definition) is 5. The molecule has 8 heteroatoms. The highest BCUT2D eigenvalue weighted by Crippen LogP contribution is 2.17. The molecule has 0 spiro atoms. The van der Waals surface area contributed by atoms with E-state index in [0.717, 1.165) is 16.3 Å². The number of ether oxygens (including phenoxy) is 2. The van der Waals surface area contributed by atoms with Crippen molar-refractivity contribution in [3.63, 3.8) is 0 Å². The number of hydrogen-bond donors (Lipinski definition) is 1. The first-order chi connectivity index (χ1) is 12.8. The van der Waals surface area contributed by atoms with E-state index in [4.69, 9.17) is 9.47 Å². The minimum atomic E-state index is -3.58. The van der Waals surface area contributed by atoms with Gasteiger partial charge in [0.1, 0.15) is 24.7 Å². The predicted molar refractivity (Wildman–Crippen MR) is 105 cm³/mol. The Morgan fingerprint density at radius 3 is 2.22 bits per heavy atom. The lowest BCUT2D eigenvalue weighted by molar-refractivity contribution is -0.120. The predicted octanol–water partition coefficient (Wildman–Crippen LogP) is 2.04. The first kappa shape index (κ1) is 20.6. The summed E-state index contributed by atoms with van der Waals surface area (Å²) in [7, 11) is -2.00. The number of methoxy groups -OCH3 is 1. The first-order valence-electron chi connectivity index (χ1n) is 8.38. The van der Waals surface area contributed by atoms with E-state index in [2.05, 4.69) is 5.32 Å². The second kappa shape index (κ2) is 9.27. The van der Waals surface area contributed by atoms with Gasteiger partial charge < -0.3 is 14.8 Å². The van der Waals surface area contributed by atoms with Crippen LogP contribution in [-0.4, -0.2) is 46.9 Å². The molecule has 1 N–H and O–H groups in total. The van der Waals surface area contributed by atoms with Crippen LogP contribution in [0, 0.1) is 0 Å². The van der Waals surface area contributed by atoms with Crippen molar-refractivity contribution < 1.29 is 22.7 Å². The van der Waals surface area contributed by atoms with E-state index in [1.54, 1.807) is 68.6 Å². The van der Waals surface area contributed by atoms with E-state index >= 15 is 0 Å². The average Bonchev–Trinajstić information content (AvgIpc) is 2.64. The normalized spacial score (nSPS) is 12.1. The molecule has 0 fully saturated rings. The van der Waals surface area contributed by atoms with Gasteiger partial charge >= 0.3 is 0 Å². The van der Waals surface area contributed by atoms with Crippen molar-refractivity contribution in [1.29, 1.82) is 0 Å². The van der Waals surface area contributed by atoms with Crippen LogP contribution < -0.4 is 19.1 Å². The molecular formula is C19H24N2O5S. The van der Waals surface area contributed by atoms with E-state index in [1.165, 1.54) is 0 Å². The number of para-hydroxylation sites is 1. The van der Waals surface area contributed by atoms with E-state index in [-0.39, 0.29) is 19.2 Å². The van der Waals surface area contributed by atoms with Crippen molar-refractivity contribution in [2.75, 3.05) is 30.8 Å². The van der Waals surface area contributed by atoms with Crippen LogP contribution in [-0.2, 0) is 14.8 Å². The van der Waals surface area contributed by atoms with Crippen LogP contribution >= 0.6 is 0 Å². The van der Waals surface area contributed by atoms with Gasteiger partial charge in [0, 0.05) is 0 Å². The van der Waals surface area contributed by atoms with Gasteiger partial charge in [-0.2, -0.15) is 0 Å². The lowest BCUT2D eigenvalue weighted by atomic mass is 10.3. The number of rotatable bonds is 9. The molecule has 0 radical (unpaired) electrons. The summed E-state index contributed by atoms with van der Waals surface area (Å²) in [5.41, 5.74) is 0.442. The van der Waals surface area contributed by atoms with Crippen molar-refractivity contribution in [2.24, 2.45) is 0 Å². The Balaban J connectivity index is 1.90. The Morgan fingerprint density at radius 2 is 1.67 bits per heavy atom. The van der Waals surface area contributed by atoms with E-state index < -0.39 is 15.9 Å². The fourth-order valence-corrected chi connectivity index (χ4v) is 3.24. The highest BCUT2D eigenvalue weighted by atomic mass is 32.2. The Morgan fingerprint density at radius 1 is 1.07 bits per heavy atom. The summed E-state index contributed by atoms with van der Waals surface area (Å²) in [5, 5.41) is 2.75. The van der Waals surface area contributed by atoms with Crippen LogP contribution in [0.15, 0.2) is 54.6 Å². The zero-order valence-corrected chi connectivity index (χ0v) is 16.4. The molecule has 0 saturated carbocycles. The quantitative estimate of drug-likeness (QED) is 0.706. The molecule has 0 bridgehead atoms. The van der Waals surface area contributed by atoms with Gasteiger partial charge in [-0.1, -0.05) is 18.2 Å². The minimum absolute atomic E-state index is 0.252. The number of carbonyl (C=O) groups excluding carboxylic acids is 1. The third kappa shape index (κ3) is 6.49. The lowest BCUT2D eigenvalue weighted by Crippen LogP contribution is -2.44. The Labute approximate surface area is 160 Å². The van der Waals surface area contributed by atoms with Gasteiger partial charge in [0.2, 0.25) is 15.9 Å². The Kier molecular flexibility index (Phi) is 7.06. The summed E-state index contributed by atoms with van der Waals surface area (Å²) in [5.74, 6) is 0.972. The Hall–Kier alpha value is -2.74. The smallest absolute Gasteiger partial charge is 0.241 e. The summed E-state index contributed by atoms with van der Waals surface area (Å²) in [6, 6.07) is 15.3. The third-order valence-electron chi connectivity index (χ3n) is 3.70. The molecule has 0 saturated heterocycles. The number of benzene rings is 2. The molecule has 7 nitrogen and oxygen atoms in total. The maximum atomic E-state index is 12.3.